The Kier molecular flexibility index (Phi) is 4.63. The second kappa shape index (κ2) is 6.50. The van der Waals surface area contributed by atoms with Gasteiger partial charge in [-0.2, -0.15) is 0 Å². The van der Waals surface area contributed by atoms with E-state index in [2.05, 4.69) is 14.9 Å². The molecular formula is C15H24N4O2S. The van der Waals surface area contributed by atoms with Crippen LogP contribution in [0.2, 0.25) is 0 Å². The molecule has 2 aliphatic rings. The number of hydrogen-bond acceptors (Lipinski definition) is 5. The van der Waals surface area contributed by atoms with Crippen molar-refractivity contribution in [3.05, 3.63) is 17.6 Å². The van der Waals surface area contributed by atoms with Gasteiger partial charge in [0.15, 0.2) is 0 Å². The Balaban J connectivity index is 1.83. The summed E-state index contributed by atoms with van der Waals surface area (Å²) in [5.74, 6) is 1.26. The summed E-state index contributed by atoms with van der Waals surface area (Å²) in [6, 6.07) is 0. The number of aromatic nitrogens is 2. The van der Waals surface area contributed by atoms with Crippen LogP contribution in [0.25, 0.3) is 0 Å². The van der Waals surface area contributed by atoms with Crippen LogP contribution in [0.1, 0.15) is 37.4 Å². The maximum Gasteiger partial charge on any atom is 0.214 e. The maximum atomic E-state index is 12.3. The molecule has 0 spiro atoms. The summed E-state index contributed by atoms with van der Waals surface area (Å²) in [6.45, 7) is 5.07. The molecule has 3 rings (SSSR count). The number of fused-ring (bicyclic) bond motifs is 1. The highest BCUT2D eigenvalue weighted by Crippen LogP contribution is 2.27. The molecule has 122 valence electrons. The van der Waals surface area contributed by atoms with Crippen LogP contribution in [0, 0.1) is 0 Å². The Hall–Kier alpha value is -1.21. The third-order valence-electron chi connectivity index (χ3n) is 4.48. The van der Waals surface area contributed by atoms with Crippen LogP contribution in [0.3, 0.4) is 0 Å². The summed E-state index contributed by atoms with van der Waals surface area (Å²) < 4.78 is 26.3. The van der Waals surface area contributed by atoms with Gasteiger partial charge in [0.25, 0.3) is 0 Å². The minimum atomic E-state index is -3.13. The second-order valence-corrected chi connectivity index (χ2v) is 8.12. The number of sulfonamides is 1. The fraction of sp³-hybridized carbons (Fsp3) is 0.733. The molecular weight excluding hydrogens is 300 g/mol. The third-order valence-corrected chi connectivity index (χ3v) is 6.56. The molecule has 1 aromatic heterocycles. The molecule has 1 aromatic rings. The summed E-state index contributed by atoms with van der Waals surface area (Å²) in [5, 5.41) is 0. The molecule has 1 saturated heterocycles. The van der Waals surface area contributed by atoms with Crippen molar-refractivity contribution in [2.24, 2.45) is 0 Å². The van der Waals surface area contributed by atoms with Crippen LogP contribution >= 0.6 is 0 Å². The van der Waals surface area contributed by atoms with E-state index in [9.17, 15) is 8.42 Å². The van der Waals surface area contributed by atoms with Gasteiger partial charge in [-0.15, -0.1) is 0 Å². The van der Waals surface area contributed by atoms with Crippen molar-refractivity contribution in [3.8, 4) is 0 Å². The van der Waals surface area contributed by atoms with E-state index in [4.69, 9.17) is 0 Å². The summed E-state index contributed by atoms with van der Waals surface area (Å²) in [5.41, 5.74) is 2.17. The monoisotopic (exact) mass is 324 g/mol. The van der Waals surface area contributed by atoms with E-state index >= 15 is 0 Å². The minimum Gasteiger partial charge on any atom is -0.356 e. The van der Waals surface area contributed by atoms with Crippen molar-refractivity contribution in [1.82, 2.24) is 14.3 Å². The molecule has 0 saturated carbocycles. The van der Waals surface area contributed by atoms with Crippen LogP contribution < -0.4 is 4.90 Å². The molecule has 1 fully saturated rings. The summed E-state index contributed by atoms with van der Waals surface area (Å²) in [7, 11) is -3.13. The lowest BCUT2D eigenvalue weighted by Gasteiger charge is -2.21. The molecule has 0 radical (unpaired) electrons. The van der Waals surface area contributed by atoms with Gasteiger partial charge in [-0.3, -0.25) is 0 Å². The first-order valence-corrected chi connectivity index (χ1v) is 9.78. The first kappa shape index (κ1) is 15.7. The molecule has 0 aliphatic carbocycles. The molecule has 0 bridgehead atoms. The molecule has 6 nitrogen and oxygen atoms in total. The van der Waals surface area contributed by atoms with Crippen molar-refractivity contribution in [1.29, 1.82) is 0 Å². The molecule has 22 heavy (non-hydrogen) atoms. The van der Waals surface area contributed by atoms with Gasteiger partial charge >= 0.3 is 0 Å². The number of anilines is 1. The molecule has 2 aliphatic heterocycles. The highest BCUT2D eigenvalue weighted by molar-refractivity contribution is 7.89. The summed E-state index contributed by atoms with van der Waals surface area (Å²) in [4.78, 5) is 11.2. The van der Waals surface area contributed by atoms with E-state index in [1.165, 1.54) is 12.8 Å². The lowest BCUT2D eigenvalue weighted by molar-refractivity contribution is 0.425. The van der Waals surface area contributed by atoms with E-state index in [0.29, 0.717) is 32.4 Å². The van der Waals surface area contributed by atoms with Gasteiger partial charge in [0.2, 0.25) is 10.0 Å². The standard InChI is InChI=1S/C15H24N4O2S/c1-2-11-22(20,21)19-9-5-13-14(6-10-19)16-12-17-15(13)18-7-3-4-8-18/h12H,2-11H2,1H3. The van der Waals surface area contributed by atoms with Gasteiger partial charge in [-0.1, -0.05) is 6.92 Å². The zero-order valence-corrected chi connectivity index (χ0v) is 14.0. The van der Waals surface area contributed by atoms with Crippen molar-refractivity contribution in [3.63, 3.8) is 0 Å². The normalized spacial score (nSPS) is 20.0. The predicted octanol–water partition coefficient (Wildman–Crippen LogP) is 1.22. The van der Waals surface area contributed by atoms with Crippen molar-refractivity contribution < 1.29 is 8.42 Å². The van der Waals surface area contributed by atoms with Crippen LogP contribution in [0.5, 0.6) is 0 Å². The average molecular weight is 324 g/mol. The lowest BCUT2D eigenvalue weighted by atomic mass is 10.1. The van der Waals surface area contributed by atoms with Crippen molar-refractivity contribution in [2.75, 3.05) is 36.8 Å². The quantitative estimate of drug-likeness (QED) is 0.833. The maximum absolute atomic E-state index is 12.3. The fourth-order valence-corrected chi connectivity index (χ4v) is 4.87. The first-order valence-electron chi connectivity index (χ1n) is 8.17. The Morgan fingerprint density at radius 1 is 1.09 bits per heavy atom. The number of rotatable bonds is 4. The van der Waals surface area contributed by atoms with E-state index in [1.54, 1.807) is 10.6 Å². The van der Waals surface area contributed by atoms with Crippen molar-refractivity contribution in [2.45, 2.75) is 39.0 Å². The summed E-state index contributed by atoms with van der Waals surface area (Å²) >= 11 is 0. The Morgan fingerprint density at radius 2 is 1.82 bits per heavy atom. The fourth-order valence-electron chi connectivity index (χ4n) is 3.36. The molecule has 7 heteroatoms. The highest BCUT2D eigenvalue weighted by atomic mass is 32.2. The molecule has 0 aromatic carbocycles. The zero-order chi connectivity index (χ0) is 15.6. The van der Waals surface area contributed by atoms with E-state index < -0.39 is 10.0 Å². The Morgan fingerprint density at radius 3 is 2.55 bits per heavy atom. The molecule has 0 N–H and O–H groups in total. The largest absolute Gasteiger partial charge is 0.356 e. The topological polar surface area (TPSA) is 66.4 Å². The molecule has 0 atom stereocenters. The minimum absolute atomic E-state index is 0.230. The van der Waals surface area contributed by atoms with Gasteiger partial charge in [-0.25, -0.2) is 22.7 Å². The van der Waals surface area contributed by atoms with Crippen LogP contribution in [-0.2, 0) is 22.9 Å². The number of nitrogens with zero attached hydrogens (tertiary/aromatic N) is 4. The van der Waals surface area contributed by atoms with Gasteiger partial charge in [0, 0.05) is 38.2 Å². The van der Waals surface area contributed by atoms with E-state index in [0.717, 1.165) is 30.2 Å². The van der Waals surface area contributed by atoms with Gasteiger partial charge in [0.05, 0.1) is 11.4 Å². The molecule has 0 amide bonds. The van der Waals surface area contributed by atoms with Crippen LogP contribution in [-0.4, -0.2) is 54.6 Å². The van der Waals surface area contributed by atoms with E-state index in [1.807, 2.05) is 6.92 Å². The first-order chi connectivity index (χ1) is 10.6. The SMILES string of the molecule is CCCS(=O)(=O)N1CCc2ncnc(N3CCCC3)c2CC1. The Labute approximate surface area is 132 Å². The third kappa shape index (κ3) is 3.10. The smallest absolute Gasteiger partial charge is 0.214 e. The number of hydrogen-bond donors (Lipinski definition) is 0. The van der Waals surface area contributed by atoms with Crippen LogP contribution in [0.15, 0.2) is 6.33 Å². The Bertz CT molecular complexity index is 626. The van der Waals surface area contributed by atoms with Crippen LogP contribution in [0.4, 0.5) is 5.82 Å². The predicted molar refractivity (Wildman–Crippen MR) is 86.5 cm³/mol. The summed E-state index contributed by atoms with van der Waals surface area (Å²) in [6.07, 6.45) is 6.09. The average Bonchev–Trinajstić information content (AvgIpc) is 2.92. The van der Waals surface area contributed by atoms with Gasteiger partial charge < -0.3 is 4.90 Å². The van der Waals surface area contributed by atoms with Gasteiger partial charge in [0.1, 0.15) is 12.1 Å². The lowest BCUT2D eigenvalue weighted by Crippen LogP contribution is -2.35. The van der Waals surface area contributed by atoms with Gasteiger partial charge in [-0.05, 0) is 25.7 Å². The highest BCUT2D eigenvalue weighted by Gasteiger charge is 2.27. The molecule has 3 heterocycles. The second-order valence-electron chi connectivity index (χ2n) is 6.03. The van der Waals surface area contributed by atoms with E-state index in [-0.39, 0.29) is 5.75 Å². The molecule has 0 unspecified atom stereocenters. The van der Waals surface area contributed by atoms with Crippen molar-refractivity contribution >= 4 is 15.8 Å². The zero-order valence-electron chi connectivity index (χ0n) is 13.2.